The van der Waals surface area contributed by atoms with E-state index in [0.717, 1.165) is 16.8 Å². The van der Waals surface area contributed by atoms with E-state index in [1.807, 2.05) is 42.5 Å². The Morgan fingerprint density at radius 2 is 1.69 bits per heavy atom. The van der Waals surface area contributed by atoms with E-state index in [2.05, 4.69) is 37.4 Å². The highest BCUT2D eigenvalue weighted by molar-refractivity contribution is 6.32. The van der Waals surface area contributed by atoms with Gasteiger partial charge in [-0.05, 0) is 66.4 Å². The van der Waals surface area contributed by atoms with E-state index in [1.165, 1.54) is 11.1 Å². The monoisotopic (exact) mass is 385 g/mol. The van der Waals surface area contributed by atoms with Crippen molar-refractivity contribution in [2.24, 2.45) is 0 Å². The van der Waals surface area contributed by atoms with Gasteiger partial charge in [0.1, 0.15) is 12.4 Å². The summed E-state index contributed by atoms with van der Waals surface area (Å²) in [5.74, 6) is 0.669. The number of anilines is 1. The number of nitrogens with one attached hydrogen (secondary N) is 1. The largest absolute Gasteiger partial charge is 0.487 e. The van der Waals surface area contributed by atoms with Gasteiger partial charge in [-0.15, -0.1) is 0 Å². The smallest absolute Gasteiger partial charge is 0.138 e. The maximum Gasteiger partial charge on any atom is 0.138 e. The summed E-state index contributed by atoms with van der Waals surface area (Å²) in [6.45, 7) is 5.37. The highest BCUT2D eigenvalue weighted by atomic mass is 35.5. The summed E-state index contributed by atoms with van der Waals surface area (Å²) in [5, 5.41) is 4.77. The number of hydrogen-bond acceptors (Lipinski definition) is 2. The molecule has 4 heteroatoms. The van der Waals surface area contributed by atoms with E-state index >= 15 is 0 Å². The molecule has 0 saturated carbocycles. The molecule has 2 nitrogen and oxygen atoms in total. The Hall–Kier alpha value is -2.16. The molecular weight excluding hydrogens is 365 g/mol. The first-order valence-electron chi connectivity index (χ1n) is 8.48. The fourth-order valence-electron chi connectivity index (χ4n) is 2.70. The molecule has 3 aromatic carbocycles. The molecule has 0 atom stereocenters. The Balaban J connectivity index is 1.63. The van der Waals surface area contributed by atoms with Crippen LogP contribution in [0.25, 0.3) is 0 Å². The van der Waals surface area contributed by atoms with Crippen LogP contribution in [0.3, 0.4) is 0 Å². The Morgan fingerprint density at radius 1 is 0.885 bits per heavy atom. The van der Waals surface area contributed by atoms with Crippen LogP contribution in [0.15, 0.2) is 60.7 Å². The molecule has 0 aliphatic heterocycles. The molecule has 0 aliphatic carbocycles. The van der Waals surface area contributed by atoms with Gasteiger partial charge in [0.05, 0.1) is 5.02 Å². The van der Waals surface area contributed by atoms with Gasteiger partial charge in [0.25, 0.3) is 0 Å². The number of rotatable bonds is 6. The molecule has 0 fully saturated rings. The summed E-state index contributed by atoms with van der Waals surface area (Å²) in [6.07, 6.45) is 0. The highest BCUT2D eigenvalue weighted by Gasteiger charge is 2.06. The summed E-state index contributed by atoms with van der Waals surface area (Å²) < 4.78 is 5.82. The zero-order valence-corrected chi connectivity index (χ0v) is 16.4. The summed E-state index contributed by atoms with van der Waals surface area (Å²) in [4.78, 5) is 0. The van der Waals surface area contributed by atoms with Gasteiger partial charge < -0.3 is 10.1 Å². The van der Waals surface area contributed by atoms with Crippen molar-refractivity contribution in [3.63, 3.8) is 0 Å². The lowest BCUT2D eigenvalue weighted by atomic mass is 10.1. The van der Waals surface area contributed by atoms with Crippen molar-refractivity contribution in [1.29, 1.82) is 0 Å². The van der Waals surface area contributed by atoms with Crippen LogP contribution in [0.2, 0.25) is 10.0 Å². The van der Waals surface area contributed by atoms with Crippen molar-refractivity contribution in [2.75, 3.05) is 5.32 Å². The van der Waals surface area contributed by atoms with Crippen molar-refractivity contribution in [1.82, 2.24) is 0 Å². The van der Waals surface area contributed by atoms with Gasteiger partial charge in [0, 0.05) is 17.3 Å². The number of ether oxygens (including phenoxy) is 1. The quantitative estimate of drug-likeness (QED) is 0.503. The molecule has 26 heavy (non-hydrogen) atoms. The average Bonchev–Trinajstić information content (AvgIpc) is 2.62. The first-order valence-corrected chi connectivity index (χ1v) is 9.24. The fraction of sp³-hybridized carbons (Fsp3) is 0.182. The average molecular weight is 386 g/mol. The molecule has 0 saturated heterocycles. The number of aryl methyl sites for hydroxylation is 1. The second-order valence-corrected chi connectivity index (χ2v) is 7.13. The minimum Gasteiger partial charge on any atom is -0.487 e. The van der Waals surface area contributed by atoms with Crippen LogP contribution in [0.5, 0.6) is 5.75 Å². The van der Waals surface area contributed by atoms with Gasteiger partial charge in [-0.1, -0.05) is 53.5 Å². The molecule has 0 unspecified atom stereocenters. The van der Waals surface area contributed by atoms with Crippen LogP contribution >= 0.6 is 23.2 Å². The summed E-state index contributed by atoms with van der Waals surface area (Å²) in [6, 6.07) is 19.7. The maximum atomic E-state index is 6.39. The van der Waals surface area contributed by atoms with E-state index in [-0.39, 0.29) is 0 Å². The predicted octanol–water partition coefficient (Wildman–Crippen LogP) is 6.80. The molecule has 3 rings (SSSR count). The lowest BCUT2D eigenvalue weighted by Gasteiger charge is -2.13. The Labute approximate surface area is 164 Å². The molecular formula is C22H21Cl2NO. The zero-order chi connectivity index (χ0) is 18.5. The molecule has 0 spiro atoms. The van der Waals surface area contributed by atoms with Crippen LogP contribution < -0.4 is 10.1 Å². The van der Waals surface area contributed by atoms with Crippen LogP contribution in [-0.2, 0) is 13.2 Å². The third kappa shape index (κ3) is 4.72. The maximum absolute atomic E-state index is 6.39. The van der Waals surface area contributed by atoms with Gasteiger partial charge in [0.2, 0.25) is 0 Å². The van der Waals surface area contributed by atoms with E-state index in [9.17, 15) is 0 Å². The fourth-order valence-corrected chi connectivity index (χ4v) is 3.17. The first-order chi connectivity index (χ1) is 12.5. The summed E-state index contributed by atoms with van der Waals surface area (Å²) in [5.41, 5.74) is 5.79. The molecule has 0 amide bonds. The zero-order valence-electron chi connectivity index (χ0n) is 14.9. The van der Waals surface area contributed by atoms with Gasteiger partial charge >= 0.3 is 0 Å². The second kappa shape index (κ2) is 8.48. The molecule has 0 aliphatic rings. The molecule has 0 aromatic heterocycles. The third-order valence-electron chi connectivity index (χ3n) is 4.37. The normalized spacial score (nSPS) is 10.6. The predicted molar refractivity (Wildman–Crippen MR) is 110 cm³/mol. The van der Waals surface area contributed by atoms with Gasteiger partial charge in [0.15, 0.2) is 0 Å². The molecule has 0 heterocycles. The Morgan fingerprint density at radius 3 is 2.46 bits per heavy atom. The molecule has 134 valence electrons. The number of halogens is 2. The second-order valence-electron chi connectivity index (χ2n) is 6.28. The van der Waals surface area contributed by atoms with Gasteiger partial charge in [-0.2, -0.15) is 0 Å². The number of hydrogen-bond donors (Lipinski definition) is 1. The highest BCUT2D eigenvalue weighted by Crippen LogP contribution is 2.27. The van der Waals surface area contributed by atoms with Crippen LogP contribution in [0.1, 0.15) is 22.3 Å². The van der Waals surface area contributed by atoms with Crippen molar-refractivity contribution < 1.29 is 4.74 Å². The molecule has 1 N–H and O–H groups in total. The third-order valence-corrected chi connectivity index (χ3v) is 4.90. The minimum atomic E-state index is 0.431. The minimum absolute atomic E-state index is 0.431. The van der Waals surface area contributed by atoms with Crippen LogP contribution in [0, 0.1) is 13.8 Å². The SMILES string of the molecule is Cc1cccc(NCc2ccc(OCc3cccc(Cl)c3)c(Cl)c2)c1C. The van der Waals surface area contributed by atoms with Crippen LogP contribution in [-0.4, -0.2) is 0 Å². The molecule has 3 aromatic rings. The van der Waals surface area contributed by atoms with Gasteiger partial charge in [-0.3, -0.25) is 0 Å². The van der Waals surface area contributed by atoms with Gasteiger partial charge in [-0.25, -0.2) is 0 Å². The summed E-state index contributed by atoms with van der Waals surface area (Å²) >= 11 is 12.4. The topological polar surface area (TPSA) is 21.3 Å². The molecule has 0 bridgehead atoms. The lowest BCUT2D eigenvalue weighted by molar-refractivity contribution is 0.306. The van der Waals surface area contributed by atoms with E-state index in [4.69, 9.17) is 27.9 Å². The van der Waals surface area contributed by atoms with Crippen molar-refractivity contribution in [2.45, 2.75) is 27.0 Å². The standard InChI is InChI=1S/C22H21Cl2NO/c1-15-5-3-8-21(16(15)2)25-13-17-9-10-22(20(24)12-17)26-14-18-6-4-7-19(23)11-18/h3-12,25H,13-14H2,1-2H3. The van der Waals surface area contributed by atoms with E-state index < -0.39 is 0 Å². The summed E-state index contributed by atoms with van der Waals surface area (Å²) in [7, 11) is 0. The number of benzene rings is 3. The first kappa shape index (κ1) is 18.6. The van der Waals surface area contributed by atoms with Crippen molar-refractivity contribution in [3.8, 4) is 5.75 Å². The van der Waals surface area contributed by atoms with E-state index in [0.29, 0.717) is 28.9 Å². The van der Waals surface area contributed by atoms with Crippen molar-refractivity contribution in [3.05, 3.63) is 93.0 Å². The lowest BCUT2D eigenvalue weighted by Crippen LogP contribution is -2.02. The molecule has 0 radical (unpaired) electrons. The van der Waals surface area contributed by atoms with E-state index in [1.54, 1.807) is 0 Å². The van der Waals surface area contributed by atoms with Crippen LogP contribution in [0.4, 0.5) is 5.69 Å². The Kier molecular flexibility index (Phi) is 6.08. The Bertz CT molecular complexity index is 908. The van der Waals surface area contributed by atoms with Crippen molar-refractivity contribution >= 4 is 28.9 Å².